The summed E-state index contributed by atoms with van der Waals surface area (Å²) in [7, 11) is 1.86. The van der Waals surface area contributed by atoms with Gasteiger partial charge in [-0.05, 0) is 43.7 Å². The first kappa shape index (κ1) is 18.7. The van der Waals surface area contributed by atoms with Crippen molar-refractivity contribution in [2.45, 2.75) is 20.3 Å². The van der Waals surface area contributed by atoms with E-state index in [0.29, 0.717) is 24.6 Å². The van der Waals surface area contributed by atoms with Crippen molar-refractivity contribution in [1.82, 2.24) is 10.6 Å². The molecular formula is C15H25ClN2O2. The summed E-state index contributed by atoms with van der Waals surface area (Å²) >= 11 is 0. The Kier molecular flexibility index (Phi) is 9.86. The number of hydrogen-bond acceptors (Lipinski definition) is 3. The summed E-state index contributed by atoms with van der Waals surface area (Å²) in [5.41, 5.74) is 0.660. The molecule has 1 amide bonds. The molecule has 2 N–H and O–H groups in total. The lowest BCUT2D eigenvalue weighted by Crippen LogP contribution is -2.30. The number of carbonyl (C=O) groups excluding carboxylic acids is 1. The molecule has 5 heteroatoms. The van der Waals surface area contributed by atoms with Gasteiger partial charge in [0, 0.05) is 18.7 Å². The van der Waals surface area contributed by atoms with Crippen LogP contribution in [0, 0.1) is 5.92 Å². The zero-order chi connectivity index (χ0) is 14.1. The summed E-state index contributed by atoms with van der Waals surface area (Å²) in [6, 6.07) is 7.26. The number of hydrogen-bond donors (Lipinski definition) is 2. The van der Waals surface area contributed by atoms with Crippen molar-refractivity contribution in [2.24, 2.45) is 5.92 Å². The van der Waals surface area contributed by atoms with E-state index in [1.165, 1.54) is 0 Å². The molecule has 1 rings (SSSR count). The summed E-state index contributed by atoms with van der Waals surface area (Å²) < 4.78 is 5.61. The van der Waals surface area contributed by atoms with E-state index in [0.717, 1.165) is 18.7 Å². The highest BCUT2D eigenvalue weighted by Gasteiger charge is 2.04. The predicted molar refractivity (Wildman–Crippen MR) is 84.9 cm³/mol. The highest BCUT2D eigenvalue weighted by atomic mass is 35.5. The lowest BCUT2D eigenvalue weighted by molar-refractivity contribution is 0.0954. The van der Waals surface area contributed by atoms with Gasteiger partial charge in [-0.25, -0.2) is 0 Å². The molecule has 0 bridgehead atoms. The Morgan fingerprint density at radius 3 is 2.40 bits per heavy atom. The molecule has 4 nitrogen and oxygen atoms in total. The number of likely N-dealkylation sites (N-methyl/N-ethyl adjacent to an activating group) is 1. The summed E-state index contributed by atoms with van der Waals surface area (Å²) in [4.78, 5) is 11.8. The monoisotopic (exact) mass is 300 g/mol. The van der Waals surface area contributed by atoms with E-state index in [2.05, 4.69) is 24.5 Å². The molecule has 0 heterocycles. The Morgan fingerprint density at radius 1 is 1.20 bits per heavy atom. The predicted octanol–water partition coefficient (Wildman–Crippen LogP) is 2.48. The third-order valence-electron chi connectivity index (χ3n) is 2.74. The molecule has 0 aliphatic rings. The second kappa shape index (κ2) is 10.5. The molecular weight excluding hydrogens is 276 g/mol. The summed E-state index contributed by atoms with van der Waals surface area (Å²) in [5, 5.41) is 5.82. The zero-order valence-corrected chi connectivity index (χ0v) is 13.3. The minimum absolute atomic E-state index is 0. The third kappa shape index (κ3) is 7.36. The zero-order valence-electron chi connectivity index (χ0n) is 12.4. The van der Waals surface area contributed by atoms with Crippen LogP contribution >= 0.6 is 12.4 Å². The minimum Gasteiger partial charge on any atom is -0.494 e. The molecule has 1 aromatic rings. The Balaban J connectivity index is 0.00000361. The van der Waals surface area contributed by atoms with Crippen LogP contribution in [0.4, 0.5) is 0 Å². The maximum atomic E-state index is 11.8. The molecule has 0 fully saturated rings. The van der Waals surface area contributed by atoms with Crippen molar-refractivity contribution >= 4 is 18.3 Å². The number of amides is 1. The topological polar surface area (TPSA) is 50.4 Å². The molecule has 0 unspecified atom stereocenters. The molecule has 0 saturated heterocycles. The Labute approximate surface area is 127 Å². The van der Waals surface area contributed by atoms with Crippen LogP contribution in [-0.2, 0) is 0 Å². The van der Waals surface area contributed by atoms with Gasteiger partial charge in [0.2, 0.25) is 0 Å². The van der Waals surface area contributed by atoms with Crippen LogP contribution in [0.2, 0.25) is 0 Å². The molecule has 20 heavy (non-hydrogen) atoms. The van der Waals surface area contributed by atoms with Gasteiger partial charge in [0.15, 0.2) is 0 Å². The van der Waals surface area contributed by atoms with Crippen LogP contribution in [0.1, 0.15) is 30.6 Å². The van der Waals surface area contributed by atoms with Gasteiger partial charge in [-0.3, -0.25) is 4.79 Å². The first-order valence-corrected chi connectivity index (χ1v) is 6.79. The molecule has 0 spiro atoms. The van der Waals surface area contributed by atoms with E-state index in [4.69, 9.17) is 4.74 Å². The largest absolute Gasteiger partial charge is 0.494 e. The number of nitrogens with one attached hydrogen (secondary N) is 2. The van der Waals surface area contributed by atoms with Crippen molar-refractivity contribution in [3.63, 3.8) is 0 Å². The van der Waals surface area contributed by atoms with Crippen molar-refractivity contribution < 1.29 is 9.53 Å². The van der Waals surface area contributed by atoms with Crippen LogP contribution < -0.4 is 15.4 Å². The fourth-order valence-electron chi connectivity index (χ4n) is 1.52. The van der Waals surface area contributed by atoms with E-state index < -0.39 is 0 Å². The van der Waals surface area contributed by atoms with Crippen molar-refractivity contribution in [2.75, 3.05) is 26.7 Å². The lowest BCUT2D eigenvalue weighted by atomic mass is 10.1. The number of ether oxygens (including phenoxy) is 1. The number of benzene rings is 1. The normalized spacial score (nSPS) is 10.0. The fourth-order valence-corrected chi connectivity index (χ4v) is 1.52. The average Bonchev–Trinajstić information content (AvgIpc) is 2.39. The van der Waals surface area contributed by atoms with Crippen LogP contribution in [0.3, 0.4) is 0 Å². The van der Waals surface area contributed by atoms with Crippen molar-refractivity contribution in [3.8, 4) is 5.75 Å². The molecule has 0 atom stereocenters. The lowest BCUT2D eigenvalue weighted by Gasteiger charge is -2.09. The Morgan fingerprint density at radius 2 is 1.85 bits per heavy atom. The van der Waals surface area contributed by atoms with E-state index in [1.54, 1.807) is 12.1 Å². The van der Waals surface area contributed by atoms with Gasteiger partial charge in [0.25, 0.3) is 5.91 Å². The second-order valence-electron chi connectivity index (χ2n) is 4.91. The minimum atomic E-state index is -0.0519. The van der Waals surface area contributed by atoms with Crippen LogP contribution in [0.15, 0.2) is 24.3 Å². The fraction of sp³-hybridized carbons (Fsp3) is 0.533. The molecule has 1 aromatic carbocycles. The third-order valence-corrected chi connectivity index (χ3v) is 2.74. The van der Waals surface area contributed by atoms with Gasteiger partial charge in [0.05, 0.1) is 6.61 Å². The number of halogens is 1. The van der Waals surface area contributed by atoms with Crippen molar-refractivity contribution in [3.05, 3.63) is 29.8 Å². The molecule has 114 valence electrons. The van der Waals surface area contributed by atoms with Crippen LogP contribution in [-0.4, -0.2) is 32.7 Å². The molecule has 0 aliphatic heterocycles. The highest BCUT2D eigenvalue weighted by Crippen LogP contribution is 2.13. The quantitative estimate of drug-likeness (QED) is 0.725. The summed E-state index contributed by atoms with van der Waals surface area (Å²) in [5.74, 6) is 1.40. The maximum Gasteiger partial charge on any atom is 0.251 e. The van der Waals surface area contributed by atoms with Gasteiger partial charge in [-0.1, -0.05) is 13.8 Å². The molecule has 0 aromatic heterocycles. The summed E-state index contributed by atoms with van der Waals surface area (Å²) in [6.45, 7) is 6.44. The van der Waals surface area contributed by atoms with Crippen LogP contribution in [0.25, 0.3) is 0 Å². The second-order valence-corrected chi connectivity index (χ2v) is 4.91. The van der Waals surface area contributed by atoms with Gasteiger partial charge in [0.1, 0.15) is 5.75 Å². The maximum absolute atomic E-state index is 11.8. The van der Waals surface area contributed by atoms with Gasteiger partial charge in [-0.15, -0.1) is 12.4 Å². The van der Waals surface area contributed by atoms with E-state index >= 15 is 0 Å². The SMILES string of the molecule is CNCCNC(=O)c1ccc(OCCC(C)C)cc1.Cl. The van der Waals surface area contributed by atoms with Gasteiger partial charge in [-0.2, -0.15) is 0 Å². The van der Waals surface area contributed by atoms with Gasteiger partial charge >= 0.3 is 0 Å². The molecule has 0 aliphatic carbocycles. The highest BCUT2D eigenvalue weighted by molar-refractivity contribution is 5.94. The first-order chi connectivity index (χ1) is 9.13. The number of carbonyl (C=O) groups is 1. The van der Waals surface area contributed by atoms with Crippen LogP contribution in [0.5, 0.6) is 5.75 Å². The molecule has 0 radical (unpaired) electrons. The average molecular weight is 301 g/mol. The molecule has 0 saturated carbocycles. The number of rotatable bonds is 8. The summed E-state index contributed by atoms with van der Waals surface area (Å²) in [6.07, 6.45) is 1.03. The van der Waals surface area contributed by atoms with E-state index in [1.807, 2.05) is 19.2 Å². The standard InChI is InChI=1S/C15H24N2O2.ClH/c1-12(2)8-11-19-14-6-4-13(5-7-14)15(18)17-10-9-16-3;/h4-7,12,16H,8-11H2,1-3H3,(H,17,18);1H. The Hall–Kier alpha value is -1.26. The first-order valence-electron chi connectivity index (χ1n) is 6.79. The van der Waals surface area contributed by atoms with Crippen molar-refractivity contribution in [1.29, 1.82) is 0 Å². The van der Waals surface area contributed by atoms with Gasteiger partial charge < -0.3 is 15.4 Å². The Bertz CT molecular complexity index is 380. The van der Waals surface area contributed by atoms with E-state index in [9.17, 15) is 4.79 Å². The smallest absolute Gasteiger partial charge is 0.251 e. The van der Waals surface area contributed by atoms with E-state index in [-0.39, 0.29) is 18.3 Å².